The molecule has 0 heterocycles. The fourth-order valence-corrected chi connectivity index (χ4v) is 2.89. The third kappa shape index (κ3) is 5.92. The van der Waals surface area contributed by atoms with Gasteiger partial charge >= 0.3 is 0 Å². The molecule has 0 bridgehead atoms. The summed E-state index contributed by atoms with van der Waals surface area (Å²) in [4.78, 5) is 13.8. The van der Waals surface area contributed by atoms with Crippen LogP contribution >= 0.6 is 0 Å². The molecule has 0 aromatic heterocycles. The fourth-order valence-electron chi connectivity index (χ4n) is 2.89. The number of carbonyl (C=O) groups excluding carboxylic acids is 1. The summed E-state index contributed by atoms with van der Waals surface area (Å²) < 4.78 is 38.8. The highest BCUT2D eigenvalue weighted by Gasteiger charge is 2.22. The lowest BCUT2D eigenvalue weighted by Gasteiger charge is -2.22. The van der Waals surface area contributed by atoms with Crippen LogP contribution in [0.4, 0.5) is 14.5 Å². The predicted octanol–water partition coefficient (Wildman–Crippen LogP) is 5.91. The quantitative estimate of drug-likeness (QED) is 0.444. The molecule has 0 aliphatic rings. The molecular weight excluding hydrogens is 400 g/mol. The molecule has 0 radical (unpaired) electrons. The zero-order chi connectivity index (χ0) is 22.4. The van der Waals surface area contributed by atoms with Crippen LogP contribution < -0.4 is 14.4 Å². The summed E-state index contributed by atoms with van der Waals surface area (Å²) >= 11 is 0. The lowest BCUT2D eigenvalue weighted by molar-refractivity contribution is -0.124. The second-order valence-corrected chi connectivity index (χ2v) is 7.04. The van der Waals surface area contributed by atoms with Crippen LogP contribution in [0.25, 0.3) is 6.08 Å². The number of rotatable bonds is 7. The van der Waals surface area contributed by atoms with E-state index < -0.39 is 23.8 Å². The first-order valence-corrected chi connectivity index (χ1v) is 9.74. The molecule has 0 aliphatic carbocycles. The van der Waals surface area contributed by atoms with E-state index in [1.807, 2.05) is 19.1 Å². The number of ether oxygens (including phenoxy) is 2. The Hall–Kier alpha value is -3.67. The first kappa shape index (κ1) is 22.0. The van der Waals surface area contributed by atoms with Crippen LogP contribution in [0.5, 0.6) is 11.5 Å². The fraction of sp³-hybridized carbons (Fsp3) is 0.160. The molecule has 3 aromatic rings. The molecule has 3 aromatic carbocycles. The molecule has 6 heteroatoms. The number of likely N-dealkylation sites (N-methyl/N-ethyl adjacent to an activating group) is 1. The van der Waals surface area contributed by atoms with Gasteiger partial charge in [0, 0.05) is 13.1 Å². The van der Waals surface area contributed by atoms with E-state index in [4.69, 9.17) is 9.47 Å². The van der Waals surface area contributed by atoms with Gasteiger partial charge in [-0.15, -0.1) is 0 Å². The molecule has 3 rings (SSSR count). The highest BCUT2D eigenvalue weighted by atomic mass is 19.1. The highest BCUT2D eigenvalue weighted by molar-refractivity contribution is 5.96. The zero-order valence-corrected chi connectivity index (χ0v) is 17.5. The molecule has 0 unspecified atom stereocenters. The standard InChI is InChI=1S/C25H23F2NO3/c1-17-8-10-19(11-9-17)16-24(27)31-21-14-12-20(13-15-21)30-18(2)25(29)28(3)23-7-5-4-6-22(23)26/h4-16,18H,1-3H3/t18-/m1/s1. The number of halogens is 2. The maximum Gasteiger partial charge on any atom is 0.278 e. The minimum absolute atomic E-state index is 0.169. The molecule has 0 N–H and O–H groups in total. The number of nitrogens with zero attached hydrogens (tertiary/aromatic N) is 1. The van der Waals surface area contributed by atoms with Gasteiger partial charge in [0.05, 0.1) is 5.69 Å². The largest absolute Gasteiger partial charge is 0.481 e. The van der Waals surface area contributed by atoms with Crippen LogP contribution in [-0.4, -0.2) is 19.1 Å². The summed E-state index contributed by atoms with van der Waals surface area (Å²) in [5.74, 6) is -0.209. The van der Waals surface area contributed by atoms with Crippen molar-refractivity contribution in [3.05, 3.63) is 95.8 Å². The van der Waals surface area contributed by atoms with Crippen molar-refractivity contribution in [3.8, 4) is 11.5 Å². The second kappa shape index (κ2) is 9.89. The SMILES string of the molecule is Cc1ccc(C=C(F)Oc2ccc(O[C@H](C)C(=O)N(C)c3ccccc3F)cc2)cc1. The molecule has 160 valence electrons. The van der Waals surface area contributed by atoms with Crippen LogP contribution in [0.15, 0.2) is 78.8 Å². The number of carbonyl (C=O) groups is 1. The molecule has 1 atom stereocenters. The minimum atomic E-state index is -0.852. The third-order valence-corrected chi connectivity index (χ3v) is 4.60. The van der Waals surface area contributed by atoms with E-state index >= 15 is 0 Å². The Bertz CT molecular complexity index is 1060. The maximum atomic E-state index is 14.1. The van der Waals surface area contributed by atoms with E-state index in [9.17, 15) is 13.6 Å². The van der Waals surface area contributed by atoms with Crippen molar-refractivity contribution in [3.63, 3.8) is 0 Å². The Kier molecular flexibility index (Phi) is 7.03. The van der Waals surface area contributed by atoms with Gasteiger partial charge in [0.25, 0.3) is 11.9 Å². The smallest absolute Gasteiger partial charge is 0.278 e. The monoisotopic (exact) mass is 423 g/mol. The van der Waals surface area contributed by atoms with Crippen molar-refractivity contribution < 1.29 is 23.0 Å². The number of para-hydroxylation sites is 1. The molecular formula is C25H23F2NO3. The topological polar surface area (TPSA) is 38.8 Å². The van der Waals surface area contributed by atoms with Crippen molar-refractivity contribution in [1.29, 1.82) is 0 Å². The summed E-state index contributed by atoms with van der Waals surface area (Å²) in [7, 11) is 1.49. The number of aryl methyl sites for hydroxylation is 1. The number of amides is 1. The van der Waals surface area contributed by atoms with Gasteiger partial charge in [-0.1, -0.05) is 42.0 Å². The van der Waals surface area contributed by atoms with E-state index in [2.05, 4.69) is 0 Å². The summed E-state index contributed by atoms with van der Waals surface area (Å²) in [5.41, 5.74) is 1.94. The van der Waals surface area contributed by atoms with E-state index in [1.165, 1.54) is 42.3 Å². The summed E-state index contributed by atoms with van der Waals surface area (Å²) in [6, 6.07) is 18.9. The van der Waals surface area contributed by atoms with Gasteiger partial charge < -0.3 is 14.4 Å². The molecule has 0 spiro atoms. The molecule has 31 heavy (non-hydrogen) atoms. The van der Waals surface area contributed by atoms with Crippen molar-refractivity contribution >= 4 is 17.7 Å². The summed E-state index contributed by atoms with van der Waals surface area (Å²) in [6.45, 7) is 3.53. The number of anilines is 1. The zero-order valence-electron chi connectivity index (χ0n) is 17.5. The maximum absolute atomic E-state index is 14.1. The lowest BCUT2D eigenvalue weighted by Crippen LogP contribution is -2.38. The van der Waals surface area contributed by atoms with Crippen molar-refractivity contribution in [2.45, 2.75) is 20.0 Å². The normalized spacial score (nSPS) is 12.2. The van der Waals surface area contributed by atoms with Gasteiger partial charge in [-0.2, -0.15) is 4.39 Å². The predicted molar refractivity (Wildman–Crippen MR) is 117 cm³/mol. The van der Waals surface area contributed by atoms with Crippen LogP contribution in [0.2, 0.25) is 0 Å². The molecule has 0 saturated carbocycles. The van der Waals surface area contributed by atoms with Gasteiger partial charge in [0.1, 0.15) is 17.3 Å². The number of hydrogen-bond acceptors (Lipinski definition) is 3. The van der Waals surface area contributed by atoms with Crippen molar-refractivity contribution in [2.24, 2.45) is 0 Å². The van der Waals surface area contributed by atoms with E-state index in [1.54, 1.807) is 43.3 Å². The Balaban J connectivity index is 1.60. The van der Waals surface area contributed by atoms with Gasteiger partial charge in [-0.3, -0.25) is 4.79 Å². The third-order valence-electron chi connectivity index (χ3n) is 4.60. The van der Waals surface area contributed by atoms with Crippen molar-refractivity contribution in [2.75, 3.05) is 11.9 Å². The first-order valence-electron chi connectivity index (χ1n) is 9.74. The number of hydrogen-bond donors (Lipinski definition) is 0. The average Bonchev–Trinajstić information content (AvgIpc) is 2.76. The molecule has 0 fully saturated rings. The second-order valence-electron chi connectivity index (χ2n) is 7.04. The van der Waals surface area contributed by atoms with E-state index in [0.29, 0.717) is 11.3 Å². The average molecular weight is 423 g/mol. The Morgan fingerprint density at radius 1 is 0.968 bits per heavy atom. The molecule has 1 amide bonds. The van der Waals surface area contributed by atoms with Crippen LogP contribution in [0.1, 0.15) is 18.1 Å². The van der Waals surface area contributed by atoms with E-state index in [0.717, 1.165) is 5.56 Å². The minimum Gasteiger partial charge on any atom is -0.481 e. The van der Waals surface area contributed by atoms with Crippen LogP contribution in [0.3, 0.4) is 0 Å². The van der Waals surface area contributed by atoms with Crippen LogP contribution in [0, 0.1) is 12.7 Å². The highest BCUT2D eigenvalue weighted by Crippen LogP contribution is 2.23. The lowest BCUT2D eigenvalue weighted by atomic mass is 10.1. The number of benzene rings is 3. The van der Waals surface area contributed by atoms with Gasteiger partial charge in [-0.05, 0) is 55.8 Å². The summed E-state index contributed by atoms with van der Waals surface area (Å²) in [6.07, 6.45) is 0.443. The van der Waals surface area contributed by atoms with Gasteiger partial charge in [0.15, 0.2) is 6.10 Å². The molecule has 0 aliphatic heterocycles. The van der Waals surface area contributed by atoms with Gasteiger partial charge in [0.2, 0.25) is 0 Å². The first-order chi connectivity index (χ1) is 14.8. The molecule has 0 saturated heterocycles. The summed E-state index contributed by atoms with van der Waals surface area (Å²) in [5, 5.41) is 0. The van der Waals surface area contributed by atoms with Crippen LogP contribution in [-0.2, 0) is 4.79 Å². The Morgan fingerprint density at radius 2 is 1.58 bits per heavy atom. The molecule has 4 nitrogen and oxygen atoms in total. The van der Waals surface area contributed by atoms with E-state index in [-0.39, 0.29) is 11.4 Å². The Morgan fingerprint density at radius 3 is 2.23 bits per heavy atom. The van der Waals surface area contributed by atoms with Crippen molar-refractivity contribution in [1.82, 2.24) is 0 Å². The van der Waals surface area contributed by atoms with Gasteiger partial charge in [-0.25, -0.2) is 4.39 Å². The Labute approximate surface area is 180 Å².